The van der Waals surface area contributed by atoms with Gasteiger partial charge in [-0.2, -0.15) is 0 Å². The Kier molecular flexibility index (Phi) is 5.22. The summed E-state index contributed by atoms with van der Waals surface area (Å²) in [7, 11) is 0. The molecule has 7 heteroatoms. The predicted molar refractivity (Wildman–Crippen MR) is 111 cm³/mol. The molecule has 1 aliphatic rings. The van der Waals surface area contributed by atoms with Crippen LogP contribution < -0.4 is 10.9 Å². The van der Waals surface area contributed by atoms with E-state index in [4.69, 9.17) is 0 Å². The summed E-state index contributed by atoms with van der Waals surface area (Å²) < 4.78 is 17.2. The SMILES string of the molecule is Cc1c(C)n(C2CCCCC2)c2ncn(CC(=O)Nc3ccccc3F)c(=O)c12. The zero-order valence-corrected chi connectivity index (χ0v) is 16.7. The lowest BCUT2D eigenvalue weighted by molar-refractivity contribution is -0.116. The first kappa shape index (κ1) is 19.4. The summed E-state index contributed by atoms with van der Waals surface area (Å²) in [6.07, 6.45) is 7.25. The molecular formula is C22H25FN4O2. The van der Waals surface area contributed by atoms with Gasteiger partial charge in [0.25, 0.3) is 5.56 Å². The van der Waals surface area contributed by atoms with Crippen LogP contribution in [0.25, 0.3) is 11.0 Å². The number of amides is 1. The summed E-state index contributed by atoms with van der Waals surface area (Å²) in [4.78, 5) is 30.0. The lowest BCUT2D eigenvalue weighted by Crippen LogP contribution is -2.28. The molecule has 0 atom stereocenters. The maximum atomic E-state index is 13.8. The Morgan fingerprint density at radius 3 is 2.66 bits per heavy atom. The number of carbonyl (C=O) groups is 1. The van der Waals surface area contributed by atoms with E-state index < -0.39 is 11.7 Å². The molecular weight excluding hydrogens is 371 g/mol. The van der Waals surface area contributed by atoms with Gasteiger partial charge in [-0.05, 0) is 44.4 Å². The van der Waals surface area contributed by atoms with Crippen LogP contribution in [-0.4, -0.2) is 20.0 Å². The van der Waals surface area contributed by atoms with Crippen LogP contribution in [0.5, 0.6) is 0 Å². The Bertz CT molecular complexity index is 1130. The van der Waals surface area contributed by atoms with Gasteiger partial charge < -0.3 is 9.88 Å². The first-order valence-corrected chi connectivity index (χ1v) is 10.1. The fourth-order valence-electron chi connectivity index (χ4n) is 4.32. The van der Waals surface area contributed by atoms with E-state index in [1.807, 2.05) is 13.8 Å². The summed E-state index contributed by atoms with van der Waals surface area (Å²) in [5, 5.41) is 3.07. The smallest absolute Gasteiger partial charge is 0.263 e. The second kappa shape index (κ2) is 7.81. The molecule has 1 fully saturated rings. The van der Waals surface area contributed by atoms with E-state index >= 15 is 0 Å². The molecule has 1 amide bonds. The Morgan fingerprint density at radius 1 is 1.21 bits per heavy atom. The molecule has 4 rings (SSSR count). The molecule has 29 heavy (non-hydrogen) atoms. The van der Waals surface area contributed by atoms with Gasteiger partial charge in [0.2, 0.25) is 5.91 Å². The van der Waals surface area contributed by atoms with Crippen molar-refractivity contribution >= 4 is 22.6 Å². The van der Waals surface area contributed by atoms with Gasteiger partial charge in [-0.15, -0.1) is 0 Å². The number of halogens is 1. The van der Waals surface area contributed by atoms with Gasteiger partial charge in [0.1, 0.15) is 24.3 Å². The number of hydrogen-bond acceptors (Lipinski definition) is 3. The van der Waals surface area contributed by atoms with Crippen LogP contribution in [0, 0.1) is 19.7 Å². The third kappa shape index (κ3) is 3.57. The number of benzene rings is 1. The van der Waals surface area contributed by atoms with Crippen LogP contribution in [-0.2, 0) is 11.3 Å². The zero-order valence-electron chi connectivity index (χ0n) is 16.7. The maximum Gasteiger partial charge on any atom is 0.263 e. The summed E-state index contributed by atoms with van der Waals surface area (Å²) in [5.74, 6) is -0.989. The molecule has 0 spiro atoms. The van der Waals surface area contributed by atoms with Gasteiger partial charge in [0, 0.05) is 11.7 Å². The van der Waals surface area contributed by atoms with E-state index in [0.717, 1.165) is 24.1 Å². The van der Waals surface area contributed by atoms with Crippen LogP contribution in [0.2, 0.25) is 0 Å². The number of rotatable bonds is 4. The molecule has 0 aliphatic heterocycles. The predicted octanol–water partition coefficient (Wildman–Crippen LogP) is 4.10. The quantitative estimate of drug-likeness (QED) is 0.722. The van der Waals surface area contributed by atoms with Gasteiger partial charge in [-0.3, -0.25) is 14.2 Å². The highest BCUT2D eigenvalue weighted by atomic mass is 19.1. The molecule has 2 aromatic heterocycles. The number of anilines is 1. The van der Waals surface area contributed by atoms with Gasteiger partial charge in [0.05, 0.1) is 11.1 Å². The number of aromatic nitrogens is 3. The zero-order chi connectivity index (χ0) is 20.5. The normalized spacial score (nSPS) is 15.0. The minimum absolute atomic E-state index is 0.0927. The number of nitrogens with one attached hydrogen (secondary N) is 1. The molecule has 0 unspecified atom stereocenters. The van der Waals surface area contributed by atoms with Gasteiger partial charge in [-0.25, -0.2) is 9.37 Å². The molecule has 0 saturated heterocycles. The minimum Gasteiger partial charge on any atom is -0.326 e. The van der Waals surface area contributed by atoms with Crippen LogP contribution in [0.15, 0.2) is 35.4 Å². The van der Waals surface area contributed by atoms with Gasteiger partial charge in [0.15, 0.2) is 0 Å². The molecule has 1 aromatic carbocycles. The second-order valence-corrected chi connectivity index (χ2v) is 7.78. The lowest BCUT2D eigenvalue weighted by atomic mass is 9.95. The first-order valence-electron chi connectivity index (χ1n) is 10.1. The number of fused-ring (bicyclic) bond motifs is 1. The highest BCUT2D eigenvalue weighted by molar-refractivity contribution is 5.91. The molecule has 1 aliphatic carbocycles. The average molecular weight is 396 g/mol. The largest absolute Gasteiger partial charge is 0.326 e. The second-order valence-electron chi connectivity index (χ2n) is 7.78. The summed E-state index contributed by atoms with van der Waals surface area (Å²) in [6, 6.07) is 6.31. The third-order valence-corrected chi connectivity index (χ3v) is 5.93. The van der Waals surface area contributed by atoms with Crippen molar-refractivity contribution in [3.8, 4) is 0 Å². The maximum absolute atomic E-state index is 13.8. The number of aryl methyl sites for hydroxylation is 1. The molecule has 6 nitrogen and oxygen atoms in total. The standard InChI is InChI=1S/C22H25FN4O2/c1-14-15(2)27(16-8-4-3-5-9-16)21-20(14)22(29)26(13-24-21)12-19(28)25-18-11-7-6-10-17(18)23/h6-7,10-11,13,16H,3-5,8-9,12H2,1-2H3,(H,25,28). The van der Waals surface area contributed by atoms with E-state index in [1.165, 1.54) is 42.3 Å². The summed E-state index contributed by atoms with van der Waals surface area (Å²) in [5.41, 5.74) is 2.52. The minimum atomic E-state index is -0.516. The summed E-state index contributed by atoms with van der Waals surface area (Å²) >= 11 is 0. The van der Waals surface area contributed by atoms with Crippen LogP contribution >= 0.6 is 0 Å². The Morgan fingerprint density at radius 2 is 1.93 bits per heavy atom. The highest BCUT2D eigenvalue weighted by Gasteiger charge is 2.24. The third-order valence-electron chi connectivity index (χ3n) is 5.93. The topological polar surface area (TPSA) is 68.9 Å². The van der Waals surface area contributed by atoms with Crippen molar-refractivity contribution in [3.63, 3.8) is 0 Å². The van der Waals surface area contributed by atoms with Crippen molar-refractivity contribution in [1.82, 2.24) is 14.1 Å². The molecule has 3 aromatic rings. The van der Waals surface area contributed by atoms with Gasteiger partial charge >= 0.3 is 0 Å². The van der Waals surface area contributed by atoms with Crippen LogP contribution in [0.3, 0.4) is 0 Å². The van der Waals surface area contributed by atoms with E-state index in [2.05, 4.69) is 14.9 Å². The van der Waals surface area contributed by atoms with Crippen molar-refractivity contribution in [1.29, 1.82) is 0 Å². The monoisotopic (exact) mass is 396 g/mol. The first-order chi connectivity index (χ1) is 14.0. The molecule has 0 radical (unpaired) electrons. The Labute approximate surface area is 168 Å². The van der Waals surface area contributed by atoms with Crippen LogP contribution in [0.1, 0.15) is 49.4 Å². The number of carbonyl (C=O) groups excluding carboxylic acids is 1. The average Bonchev–Trinajstić information content (AvgIpc) is 2.97. The fourth-order valence-corrected chi connectivity index (χ4v) is 4.32. The van der Waals surface area contributed by atoms with Crippen molar-refractivity contribution in [3.05, 3.63) is 58.0 Å². The van der Waals surface area contributed by atoms with E-state index in [-0.39, 0.29) is 17.8 Å². The van der Waals surface area contributed by atoms with Gasteiger partial charge in [-0.1, -0.05) is 31.4 Å². The van der Waals surface area contributed by atoms with Crippen LogP contribution in [0.4, 0.5) is 10.1 Å². The highest BCUT2D eigenvalue weighted by Crippen LogP contribution is 2.33. The number of hydrogen-bond donors (Lipinski definition) is 1. The fraction of sp³-hybridized carbons (Fsp3) is 0.409. The van der Waals surface area contributed by atoms with E-state index in [1.54, 1.807) is 12.1 Å². The van der Waals surface area contributed by atoms with Crippen molar-refractivity contribution < 1.29 is 9.18 Å². The van der Waals surface area contributed by atoms with E-state index in [9.17, 15) is 14.0 Å². The number of nitrogens with zero attached hydrogens (tertiary/aromatic N) is 3. The Hall–Kier alpha value is -2.96. The molecule has 1 saturated carbocycles. The molecule has 2 heterocycles. The molecule has 152 valence electrons. The van der Waals surface area contributed by atoms with Crippen molar-refractivity contribution in [2.24, 2.45) is 0 Å². The number of para-hydroxylation sites is 1. The van der Waals surface area contributed by atoms with Crippen molar-refractivity contribution in [2.75, 3.05) is 5.32 Å². The Balaban J connectivity index is 1.66. The molecule has 0 bridgehead atoms. The van der Waals surface area contributed by atoms with Crippen molar-refractivity contribution in [2.45, 2.75) is 58.5 Å². The van der Waals surface area contributed by atoms with E-state index in [0.29, 0.717) is 17.1 Å². The molecule has 1 N–H and O–H groups in total. The summed E-state index contributed by atoms with van der Waals surface area (Å²) in [6.45, 7) is 3.74. The lowest BCUT2D eigenvalue weighted by Gasteiger charge is -2.25.